The van der Waals surface area contributed by atoms with Crippen LogP contribution < -0.4 is 0 Å². The quantitative estimate of drug-likeness (QED) is 0.505. The molecule has 25 heavy (non-hydrogen) atoms. The van der Waals surface area contributed by atoms with Crippen molar-refractivity contribution in [2.45, 2.75) is 29.8 Å². The van der Waals surface area contributed by atoms with Crippen LogP contribution in [0.2, 0.25) is 0 Å². The Morgan fingerprint density at radius 1 is 1.08 bits per heavy atom. The summed E-state index contributed by atoms with van der Waals surface area (Å²) in [5.41, 5.74) is 2.75. The summed E-state index contributed by atoms with van der Waals surface area (Å²) in [6.07, 6.45) is 5.91. The van der Waals surface area contributed by atoms with Crippen molar-refractivity contribution < 1.29 is 4.42 Å². The van der Waals surface area contributed by atoms with Gasteiger partial charge in [0, 0.05) is 24.0 Å². The minimum atomic E-state index is 0.490. The summed E-state index contributed by atoms with van der Waals surface area (Å²) >= 11 is 1.62. The van der Waals surface area contributed by atoms with Crippen molar-refractivity contribution in [2.75, 3.05) is 0 Å². The van der Waals surface area contributed by atoms with E-state index in [1.165, 1.54) is 12.8 Å². The first kappa shape index (κ1) is 14.7. The lowest BCUT2D eigenvalue weighted by Gasteiger charge is -2.07. The van der Waals surface area contributed by atoms with E-state index in [1.807, 2.05) is 36.4 Å². The molecule has 6 nitrogen and oxygen atoms in total. The van der Waals surface area contributed by atoms with Gasteiger partial charge in [-0.2, -0.15) is 0 Å². The molecule has 0 N–H and O–H groups in total. The molecular weight excluding hydrogens is 334 g/mol. The Kier molecular flexibility index (Phi) is 3.52. The molecule has 4 aromatic rings. The first-order chi connectivity index (χ1) is 12.4. The average molecular weight is 349 g/mol. The lowest BCUT2D eigenvalue weighted by molar-refractivity contribution is 0.555. The van der Waals surface area contributed by atoms with E-state index in [-0.39, 0.29) is 0 Å². The number of hydrogen-bond donors (Lipinski definition) is 0. The van der Waals surface area contributed by atoms with Gasteiger partial charge in [-0.25, -0.2) is 4.98 Å². The number of aromatic nitrogens is 5. The van der Waals surface area contributed by atoms with Gasteiger partial charge in [0.25, 0.3) is 0 Å². The molecule has 0 atom stereocenters. The van der Waals surface area contributed by atoms with Gasteiger partial charge in [0.1, 0.15) is 5.52 Å². The zero-order valence-corrected chi connectivity index (χ0v) is 14.2. The molecule has 1 aliphatic rings. The monoisotopic (exact) mass is 349 g/mol. The molecule has 1 aromatic carbocycles. The Morgan fingerprint density at radius 3 is 2.72 bits per heavy atom. The fourth-order valence-electron chi connectivity index (χ4n) is 2.84. The molecule has 1 saturated carbocycles. The van der Waals surface area contributed by atoms with Gasteiger partial charge >= 0.3 is 0 Å². The minimum Gasteiger partial charge on any atom is -0.440 e. The molecule has 3 heterocycles. The molecule has 0 radical (unpaired) electrons. The zero-order chi connectivity index (χ0) is 16.6. The smallest absolute Gasteiger partial charge is 0.205 e. The number of fused-ring (bicyclic) bond motifs is 1. The van der Waals surface area contributed by atoms with Gasteiger partial charge in [0.2, 0.25) is 5.89 Å². The number of oxazole rings is 1. The number of rotatable bonds is 5. The first-order valence-corrected chi connectivity index (χ1v) is 9.19. The second-order valence-corrected chi connectivity index (χ2v) is 6.95. The lowest BCUT2D eigenvalue weighted by Crippen LogP contribution is -1.99. The highest BCUT2D eigenvalue weighted by atomic mass is 32.2. The Bertz CT molecular complexity index is 989. The number of thioether (sulfide) groups is 1. The van der Waals surface area contributed by atoms with Crippen LogP contribution >= 0.6 is 11.8 Å². The van der Waals surface area contributed by atoms with Crippen LogP contribution in [-0.2, 0) is 5.75 Å². The summed E-state index contributed by atoms with van der Waals surface area (Å²) in [4.78, 5) is 8.61. The second-order valence-electron chi connectivity index (χ2n) is 6.01. The van der Waals surface area contributed by atoms with E-state index in [1.54, 1.807) is 24.2 Å². The normalized spacial score (nSPS) is 14.2. The van der Waals surface area contributed by atoms with Crippen LogP contribution in [0.4, 0.5) is 0 Å². The molecule has 0 unspecified atom stereocenters. The molecule has 7 heteroatoms. The van der Waals surface area contributed by atoms with Crippen LogP contribution in [0.1, 0.15) is 24.8 Å². The van der Waals surface area contributed by atoms with Crippen molar-refractivity contribution in [3.8, 4) is 11.4 Å². The van der Waals surface area contributed by atoms with Gasteiger partial charge in [-0.3, -0.25) is 9.55 Å². The number of benzene rings is 1. The van der Waals surface area contributed by atoms with Crippen LogP contribution in [0.25, 0.3) is 22.5 Å². The lowest BCUT2D eigenvalue weighted by atomic mass is 10.2. The fraction of sp³-hybridized carbons (Fsp3) is 0.222. The molecular formula is C18H15N5OS. The van der Waals surface area contributed by atoms with E-state index in [2.05, 4.69) is 24.7 Å². The molecule has 5 rings (SSSR count). The Hall–Kier alpha value is -2.67. The van der Waals surface area contributed by atoms with Gasteiger partial charge in [-0.15, -0.1) is 10.2 Å². The maximum absolute atomic E-state index is 5.80. The number of para-hydroxylation sites is 2. The molecule has 1 aliphatic carbocycles. The zero-order valence-electron chi connectivity index (χ0n) is 13.4. The van der Waals surface area contributed by atoms with E-state index in [0.29, 0.717) is 17.7 Å². The van der Waals surface area contributed by atoms with Crippen LogP contribution in [0.3, 0.4) is 0 Å². The summed E-state index contributed by atoms with van der Waals surface area (Å²) in [6, 6.07) is 12.2. The third-order valence-corrected chi connectivity index (χ3v) is 5.11. The van der Waals surface area contributed by atoms with Crippen molar-refractivity contribution in [1.82, 2.24) is 24.7 Å². The van der Waals surface area contributed by atoms with E-state index in [9.17, 15) is 0 Å². The molecule has 0 bridgehead atoms. The van der Waals surface area contributed by atoms with Crippen molar-refractivity contribution in [3.05, 3.63) is 54.7 Å². The van der Waals surface area contributed by atoms with Crippen molar-refractivity contribution in [3.63, 3.8) is 0 Å². The number of pyridine rings is 1. The van der Waals surface area contributed by atoms with Gasteiger partial charge in [-0.1, -0.05) is 23.9 Å². The summed E-state index contributed by atoms with van der Waals surface area (Å²) in [5, 5.41) is 9.74. The van der Waals surface area contributed by atoms with Crippen molar-refractivity contribution >= 4 is 22.9 Å². The third-order valence-electron chi connectivity index (χ3n) is 4.18. The Balaban J connectivity index is 1.43. The molecule has 124 valence electrons. The standard InChI is InChI=1S/C18H15N5OS/c1-2-4-15-14(3-1)20-16(24-15)11-25-18-22-21-17(23(18)13-5-6-13)12-7-9-19-10-8-12/h1-4,7-10,13H,5-6,11H2. The predicted octanol–water partition coefficient (Wildman–Crippen LogP) is 4.11. The highest BCUT2D eigenvalue weighted by Gasteiger charge is 2.30. The van der Waals surface area contributed by atoms with Gasteiger partial charge in [-0.05, 0) is 37.1 Å². The largest absolute Gasteiger partial charge is 0.440 e. The average Bonchev–Trinajstić information content (AvgIpc) is 3.27. The van der Waals surface area contributed by atoms with Gasteiger partial charge in [0.05, 0.1) is 5.75 Å². The SMILES string of the molecule is c1ccc2oc(CSc3nnc(-c4ccncc4)n3C3CC3)nc2c1. The molecule has 0 saturated heterocycles. The van der Waals surface area contributed by atoms with Crippen LogP contribution in [0, 0.1) is 0 Å². The highest BCUT2D eigenvalue weighted by molar-refractivity contribution is 7.98. The van der Waals surface area contributed by atoms with Crippen LogP contribution in [0.5, 0.6) is 0 Å². The fourth-order valence-corrected chi connectivity index (χ4v) is 3.69. The summed E-state index contributed by atoms with van der Waals surface area (Å²) < 4.78 is 8.04. The maximum Gasteiger partial charge on any atom is 0.205 e. The molecule has 1 fully saturated rings. The molecule has 3 aromatic heterocycles. The van der Waals surface area contributed by atoms with E-state index in [4.69, 9.17) is 4.42 Å². The van der Waals surface area contributed by atoms with E-state index < -0.39 is 0 Å². The van der Waals surface area contributed by atoms with E-state index >= 15 is 0 Å². The predicted molar refractivity (Wildman–Crippen MR) is 95.1 cm³/mol. The van der Waals surface area contributed by atoms with Crippen molar-refractivity contribution in [1.29, 1.82) is 0 Å². The third kappa shape index (κ3) is 2.80. The van der Waals surface area contributed by atoms with Gasteiger partial charge in [0.15, 0.2) is 16.6 Å². The van der Waals surface area contributed by atoms with Crippen LogP contribution in [-0.4, -0.2) is 24.7 Å². The summed E-state index contributed by atoms with van der Waals surface area (Å²) in [5.74, 6) is 2.25. The summed E-state index contributed by atoms with van der Waals surface area (Å²) in [6.45, 7) is 0. The highest BCUT2D eigenvalue weighted by Crippen LogP contribution is 2.41. The van der Waals surface area contributed by atoms with Gasteiger partial charge < -0.3 is 4.42 Å². The van der Waals surface area contributed by atoms with Crippen LogP contribution in [0.15, 0.2) is 58.4 Å². The topological polar surface area (TPSA) is 69.6 Å². The Morgan fingerprint density at radius 2 is 1.92 bits per heavy atom. The minimum absolute atomic E-state index is 0.490. The summed E-state index contributed by atoms with van der Waals surface area (Å²) in [7, 11) is 0. The molecule has 0 amide bonds. The molecule has 0 aliphatic heterocycles. The molecule has 0 spiro atoms. The number of nitrogens with zero attached hydrogens (tertiary/aromatic N) is 5. The number of hydrogen-bond acceptors (Lipinski definition) is 6. The maximum atomic E-state index is 5.80. The van der Waals surface area contributed by atoms with E-state index in [0.717, 1.165) is 27.6 Å². The second kappa shape index (κ2) is 6.00. The van der Waals surface area contributed by atoms with Crippen molar-refractivity contribution in [2.24, 2.45) is 0 Å². The first-order valence-electron chi connectivity index (χ1n) is 8.21. The Labute approximate surface area is 148 Å².